The third-order valence-corrected chi connectivity index (χ3v) is 3.57. The third-order valence-electron chi connectivity index (χ3n) is 3.57. The highest BCUT2D eigenvalue weighted by Gasteiger charge is 2.15. The number of nitrogens with one attached hydrogen (secondary N) is 1. The van der Waals surface area contributed by atoms with Crippen molar-refractivity contribution in [2.75, 3.05) is 5.32 Å². The van der Waals surface area contributed by atoms with E-state index >= 15 is 0 Å². The van der Waals surface area contributed by atoms with Crippen molar-refractivity contribution in [3.8, 4) is 11.3 Å². The van der Waals surface area contributed by atoms with E-state index < -0.39 is 0 Å². The molecule has 0 saturated carbocycles. The van der Waals surface area contributed by atoms with E-state index in [2.05, 4.69) is 22.4 Å². The van der Waals surface area contributed by atoms with Gasteiger partial charge in [0.1, 0.15) is 5.82 Å². The van der Waals surface area contributed by atoms with E-state index in [-0.39, 0.29) is 11.8 Å². The molecule has 2 heterocycles. The van der Waals surface area contributed by atoms with Gasteiger partial charge in [-0.05, 0) is 6.42 Å². The van der Waals surface area contributed by atoms with Gasteiger partial charge < -0.3 is 5.32 Å². The molecule has 0 spiro atoms. The van der Waals surface area contributed by atoms with Crippen molar-refractivity contribution in [1.82, 2.24) is 19.6 Å². The fraction of sp³-hybridized carbons (Fsp3) is 0.533. The van der Waals surface area contributed by atoms with Gasteiger partial charge in [-0.15, -0.1) is 0 Å². The standard InChI is InChI=1S/C15H23N5O/c1-5-6-7-11(2)15(21)17-14-8-13(18-20(14)4)12-9-16-19(3)10-12/h8-11H,5-7H2,1-4H3,(H,17,21). The molecule has 0 aromatic carbocycles. The Balaban J connectivity index is 2.07. The summed E-state index contributed by atoms with van der Waals surface area (Å²) in [5, 5.41) is 11.5. The molecule has 1 unspecified atom stereocenters. The molecule has 0 fully saturated rings. The van der Waals surface area contributed by atoms with Gasteiger partial charge in [-0.25, -0.2) is 0 Å². The lowest BCUT2D eigenvalue weighted by Gasteiger charge is -2.11. The molecule has 1 N–H and O–H groups in total. The van der Waals surface area contributed by atoms with Gasteiger partial charge in [0.25, 0.3) is 0 Å². The molecular weight excluding hydrogens is 266 g/mol. The van der Waals surface area contributed by atoms with Crippen LogP contribution in [0.25, 0.3) is 11.3 Å². The lowest BCUT2D eigenvalue weighted by Crippen LogP contribution is -2.21. The first-order valence-corrected chi connectivity index (χ1v) is 7.35. The van der Waals surface area contributed by atoms with Crippen molar-refractivity contribution >= 4 is 11.7 Å². The molecule has 2 aromatic heterocycles. The average molecular weight is 289 g/mol. The second-order valence-electron chi connectivity index (χ2n) is 5.47. The highest BCUT2D eigenvalue weighted by Crippen LogP contribution is 2.21. The summed E-state index contributed by atoms with van der Waals surface area (Å²) in [6, 6.07) is 1.88. The minimum Gasteiger partial charge on any atom is -0.311 e. The maximum Gasteiger partial charge on any atom is 0.228 e. The number of nitrogens with zero attached hydrogens (tertiary/aromatic N) is 4. The Morgan fingerprint density at radius 1 is 1.43 bits per heavy atom. The molecule has 0 saturated heterocycles. The van der Waals surface area contributed by atoms with Crippen LogP contribution in [0.4, 0.5) is 5.82 Å². The third kappa shape index (κ3) is 3.71. The lowest BCUT2D eigenvalue weighted by molar-refractivity contribution is -0.119. The predicted molar refractivity (Wildman–Crippen MR) is 82.7 cm³/mol. The molecule has 0 radical (unpaired) electrons. The molecule has 0 bridgehead atoms. The second kappa shape index (κ2) is 6.56. The van der Waals surface area contributed by atoms with Gasteiger partial charge in [-0.3, -0.25) is 14.2 Å². The number of hydrogen-bond acceptors (Lipinski definition) is 3. The number of anilines is 1. The number of carbonyl (C=O) groups is 1. The Bertz CT molecular complexity index is 613. The molecule has 0 aliphatic rings. The summed E-state index contributed by atoms with van der Waals surface area (Å²) in [5.74, 6) is 0.771. The van der Waals surface area contributed by atoms with Crippen molar-refractivity contribution in [3.63, 3.8) is 0 Å². The van der Waals surface area contributed by atoms with Crippen LogP contribution in [0.5, 0.6) is 0 Å². The predicted octanol–water partition coefficient (Wildman–Crippen LogP) is 2.59. The maximum atomic E-state index is 12.2. The fourth-order valence-electron chi connectivity index (χ4n) is 2.17. The largest absolute Gasteiger partial charge is 0.311 e. The number of aryl methyl sites for hydroxylation is 2. The zero-order chi connectivity index (χ0) is 15.4. The Labute approximate surface area is 125 Å². The molecule has 0 aliphatic heterocycles. The number of rotatable bonds is 6. The van der Waals surface area contributed by atoms with E-state index in [1.165, 1.54) is 0 Å². The van der Waals surface area contributed by atoms with E-state index in [9.17, 15) is 4.79 Å². The van der Waals surface area contributed by atoms with Crippen LogP contribution < -0.4 is 5.32 Å². The van der Waals surface area contributed by atoms with Crippen LogP contribution in [0.3, 0.4) is 0 Å². The zero-order valence-corrected chi connectivity index (χ0v) is 13.1. The van der Waals surface area contributed by atoms with Crippen LogP contribution in [0, 0.1) is 5.92 Å². The Morgan fingerprint density at radius 2 is 2.19 bits per heavy atom. The van der Waals surface area contributed by atoms with Crippen LogP contribution in [0.1, 0.15) is 33.1 Å². The van der Waals surface area contributed by atoms with Crippen LogP contribution in [-0.4, -0.2) is 25.5 Å². The van der Waals surface area contributed by atoms with Gasteiger partial charge in [-0.1, -0.05) is 26.7 Å². The number of aromatic nitrogens is 4. The van der Waals surface area contributed by atoms with Crippen LogP contribution >= 0.6 is 0 Å². The summed E-state index contributed by atoms with van der Waals surface area (Å²) in [4.78, 5) is 12.2. The first-order chi connectivity index (χ1) is 10.0. The number of hydrogen-bond donors (Lipinski definition) is 1. The minimum absolute atomic E-state index is 0.0155. The number of unbranched alkanes of at least 4 members (excludes halogenated alkanes) is 1. The summed E-state index contributed by atoms with van der Waals surface area (Å²) in [6.45, 7) is 4.09. The molecule has 1 atom stereocenters. The quantitative estimate of drug-likeness (QED) is 0.889. The topological polar surface area (TPSA) is 64.7 Å². The van der Waals surface area contributed by atoms with E-state index in [1.807, 2.05) is 33.3 Å². The first kappa shape index (κ1) is 15.3. The average Bonchev–Trinajstić information content (AvgIpc) is 3.03. The monoisotopic (exact) mass is 289 g/mol. The minimum atomic E-state index is 0.0155. The van der Waals surface area contributed by atoms with Crippen LogP contribution in [0.15, 0.2) is 18.5 Å². The van der Waals surface area contributed by atoms with Gasteiger partial charge in [0.2, 0.25) is 5.91 Å². The highest BCUT2D eigenvalue weighted by molar-refractivity contribution is 5.92. The SMILES string of the molecule is CCCCC(C)C(=O)Nc1cc(-c2cnn(C)c2)nn1C. The van der Waals surface area contributed by atoms with E-state index in [1.54, 1.807) is 15.6 Å². The Kier molecular flexibility index (Phi) is 4.77. The Hall–Kier alpha value is -2.11. The number of amides is 1. The van der Waals surface area contributed by atoms with Crippen LogP contribution in [0.2, 0.25) is 0 Å². The van der Waals surface area contributed by atoms with Gasteiger partial charge >= 0.3 is 0 Å². The van der Waals surface area contributed by atoms with Gasteiger partial charge in [0, 0.05) is 37.8 Å². The zero-order valence-electron chi connectivity index (χ0n) is 13.1. The molecule has 0 aliphatic carbocycles. The fourth-order valence-corrected chi connectivity index (χ4v) is 2.17. The Morgan fingerprint density at radius 3 is 2.81 bits per heavy atom. The summed E-state index contributed by atoms with van der Waals surface area (Å²) >= 11 is 0. The summed E-state index contributed by atoms with van der Waals surface area (Å²) in [7, 11) is 3.69. The highest BCUT2D eigenvalue weighted by atomic mass is 16.1. The summed E-state index contributed by atoms with van der Waals surface area (Å²) in [6.07, 6.45) is 6.75. The van der Waals surface area contributed by atoms with E-state index in [0.29, 0.717) is 5.82 Å². The molecule has 1 amide bonds. The molecule has 6 heteroatoms. The normalized spacial score (nSPS) is 12.4. The van der Waals surface area contributed by atoms with Crippen molar-refractivity contribution < 1.29 is 4.79 Å². The van der Waals surface area contributed by atoms with E-state index in [4.69, 9.17) is 0 Å². The molecule has 2 rings (SSSR count). The molecule has 21 heavy (non-hydrogen) atoms. The lowest BCUT2D eigenvalue weighted by atomic mass is 10.0. The number of carbonyl (C=O) groups excluding carboxylic acids is 1. The van der Waals surface area contributed by atoms with Crippen molar-refractivity contribution in [1.29, 1.82) is 0 Å². The molecule has 2 aromatic rings. The first-order valence-electron chi connectivity index (χ1n) is 7.35. The van der Waals surface area contributed by atoms with Crippen molar-refractivity contribution in [2.45, 2.75) is 33.1 Å². The maximum absolute atomic E-state index is 12.2. The van der Waals surface area contributed by atoms with Gasteiger partial charge in [0.15, 0.2) is 0 Å². The van der Waals surface area contributed by atoms with Crippen molar-refractivity contribution in [2.24, 2.45) is 20.0 Å². The van der Waals surface area contributed by atoms with Gasteiger partial charge in [-0.2, -0.15) is 10.2 Å². The summed E-state index contributed by atoms with van der Waals surface area (Å²) in [5.41, 5.74) is 1.75. The molecule has 114 valence electrons. The summed E-state index contributed by atoms with van der Waals surface area (Å²) < 4.78 is 3.42. The van der Waals surface area contributed by atoms with E-state index in [0.717, 1.165) is 30.5 Å². The molecule has 6 nitrogen and oxygen atoms in total. The molecular formula is C15H23N5O. The van der Waals surface area contributed by atoms with Gasteiger partial charge in [0.05, 0.1) is 11.9 Å². The van der Waals surface area contributed by atoms with Crippen LogP contribution in [-0.2, 0) is 18.9 Å². The van der Waals surface area contributed by atoms with Crippen molar-refractivity contribution in [3.05, 3.63) is 18.5 Å². The second-order valence-corrected chi connectivity index (χ2v) is 5.47. The smallest absolute Gasteiger partial charge is 0.228 e.